The van der Waals surface area contributed by atoms with Crippen molar-refractivity contribution in [1.29, 1.82) is 0 Å². The number of nitrogens with zero attached hydrogens (tertiary/aromatic N) is 5. The minimum Gasteiger partial charge on any atom is -0.367 e. The van der Waals surface area contributed by atoms with Crippen molar-refractivity contribution in [3.63, 3.8) is 0 Å². The highest BCUT2D eigenvalue weighted by Gasteiger charge is 2.23. The largest absolute Gasteiger partial charge is 0.367 e. The average Bonchev–Trinajstić information content (AvgIpc) is 3.52. The standard InChI is InChI=1S/C22H33N7O/c1-15-19(16(2)28(3)27-15)13-23-22(30)7-4-17-8-10-29(11-9-17)21-12-20(24-14-25-21)26-18-5-6-18/h12,14,17-18H,4-11,13H2,1-3H3,(H,23,30)(H,24,25,26). The van der Waals surface area contributed by atoms with Crippen molar-refractivity contribution in [3.05, 3.63) is 29.3 Å². The number of carbonyl (C=O) groups excluding carboxylic acids is 1. The summed E-state index contributed by atoms with van der Waals surface area (Å²) in [6, 6.07) is 2.66. The van der Waals surface area contributed by atoms with Gasteiger partial charge < -0.3 is 15.5 Å². The van der Waals surface area contributed by atoms with E-state index in [1.165, 1.54) is 12.8 Å². The monoisotopic (exact) mass is 411 g/mol. The van der Waals surface area contributed by atoms with Crippen LogP contribution in [0.4, 0.5) is 11.6 Å². The Morgan fingerprint density at radius 1 is 1.17 bits per heavy atom. The summed E-state index contributed by atoms with van der Waals surface area (Å²) in [7, 11) is 1.94. The van der Waals surface area contributed by atoms with E-state index >= 15 is 0 Å². The first kappa shape index (κ1) is 20.6. The Morgan fingerprint density at radius 2 is 1.93 bits per heavy atom. The minimum absolute atomic E-state index is 0.131. The molecule has 8 heteroatoms. The first-order valence-corrected chi connectivity index (χ1v) is 11.1. The van der Waals surface area contributed by atoms with E-state index < -0.39 is 0 Å². The SMILES string of the molecule is Cc1nn(C)c(C)c1CNC(=O)CCC1CCN(c2cc(NC3CC3)ncn2)CC1. The zero-order valence-electron chi connectivity index (χ0n) is 18.3. The first-order chi connectivity index (χ1) is 14.5. The van der Waals surface area contributed by atoms with Crippen molar-refractivity contribution in [2.24, 2.45) is 13.0 Å². The van der Waals surface area contributed by atoms with Gasteiger partial charge in [-0.1, -0.05) is 0 Å². The third kappa shape index (κ3) is 5.09. The van der Waals surface area contributed by atoms with E-state index in [9.17, 15) is 4.79 Å². The fraction of sp³-hybridized carbons (Fsp3) is 0.636. The fourth-order valence-corrected chi connectivity index (χ4v) is 4.17. The molecule has 2 aromatic heterocycles. The number of rotatable bonds is 8. The highest BCUT2D eigenvalue weighted by Crippen LogP contribution is 2.28. The third-order valence-electron chi connectivity index (χ3n) is 6.42. The second-order valence-corrected chi connectivity index (χ2v) is 8.70. The van der Waals surface area contributed by atoms with E-state index in [2.05, 4.69) is 36.7 Å². The van der Waals surface area contributed by atoms with Crippen LogP contribution in [0.2, 0.25) is 0 Å². The van der Waals surface area contributed by atoms with E-state index in [1.807, 2.05) is 25.6 Å². The molecule has 2 N–H and O–H groups in total. The molecule has 162 valence electrons. The van der Waals surface area contributed by atoms with E-state index in [0.29, 0.717) is 24.9 Å². The summed E-state index contributed by atoms with van der Waals surface area (Å²) < 4.78 is 1.87. The highest BCUT2D eigenvalue weighted by molar-refractivity contribution is 5.75. The Hall–Kier alpha value is -2.64. The lowest BCUT2D eigenvalue weighted by molar-refractivity contribution is -0.121. The van der Waals surface area contributed by atoms with Gasteiger partial charge in [-0.15, -0.1) is 0 Å². The zero-order valence-corrected chi connectivity index (χ0v) is 18.3. The van der Waals surface area contributed by atoms with E-state index in [1.54, 1.807) is 6.33 Å². The van der Waals surface area contributed by atoms with Gasteiger partial charge in [-0.2, -0.15) is 5.10 Å². The molecule has 2 aliphatic rings. The second kappa shape index (κ2) is 9.02. The molecule has 0 atom stereocenters. The number of carbonyl (C=O) groups is 1. The lowest BCUT2D eigenvalue weighted by Gasteiger charge is -2.32. The van der Waals surface area contributed by atoms with Gasteiger partial charge in [-0.3, -0.25) is 9.48 Å². The molecule has 2 fully saturated rings. The Morgan fingerprint density at radius 3 is 2.60 bits per heavy atom. The van der Waals surface area contributed by atoms with E-state index in [0.717, 1.165) is 60.9 Å². The van der Waals surface area contributed by atoms with Crippen molar-refractivity contribution in [3.8, 4) is 0 Å². The maximum Gasteiger partial charge on any atom is 0.220 e. The molecule has 1 aliphatic heterocycles. The normalized spacial score (nSPS) is 17.2. The van der Waals surface area contributed by atoms with Crippen LogP contribution < -0.4 is 15.5 Å². The van der Waals surface area contributed by atoms with Gasteiger partial charge in [-0.05, 0) is 51.9 Å². The highest BCUT2D eigenvalue weighted by atomic mass is 16.1. The topological polar surface area (TPSA) is 88.0 Å². The Bertz CT molecular complexity index is 882. The van der Waals surface area contributed by atoms with Gasteiger partial charge in [0.1, 0.15) is 18.0 Å². The lowest BCUT2D eigenvalue weighted by Crippen LogP contribution is -2.34. The molecule has 4 rings (SSSR count). The first-order valence-electron chi connectivity index (χ1n) is 11.1. The van der Waals surface area contributed by atoms with Crippen LogP contribution in [0.3, 0.4) is 0 Å². The van der Waals surface area contributed by atoms with Crippen LogP contribution in [0.5, 0.6) is 0 Å². The van der Waals surface area contributed by atoms with Gasteiger partial charge in [0, 0.05) is 56.5 Å². The molecule has 0 unspecified atom stereocenters. The van der Waals surface area contributed by atoms with Gasteiger partial charge in [0.2, 0.25) is 5.91 Å². The van der Waals surface area contributed by atoms with Gasteiger partial charge in [0.15, 0.2) is 0 Å². The predicted molar refractivity (Wildman–Crippen MR) is 117 cm³/mol. The molecule has 1 aliphatic carbocycles. The lowest BCUT2D eigenvalue weighted by atomic mass is 9.92. The number of hydrogen-bond donors (Lipinski definition) is 2. The maximum atomic E-state index is 12.3. The molecule has 2 aromatic rings. The van der Waals surface area contributed by atoms with E-state index in [-0.39, 0.29) is 5.91 Å². The summed E-state index contributed by atoms with van der Waals surface area (Å²) in [5.41, 5.74) is 3.22. The van der Waals surface area contributed by atoms with Gasteiger partial charge in [0.05, 0.1) is 5.69 Å². The molecule has 3 heterocycles. The van der Waals surface area contributed by atoms with Crippen LogP contribution in [0.25, 0.3) is 0 Å². The van der Waals surface area contributed by atoms with Crippen molar-refractivity contribution in [2.75, 3.05) is 23.3 Å². The van der Waals surface area contributed by atoms with Crippen LogP contribution in [-0.4, -0.2) is 44.8 Å². The third-order valence-corrected chi connectivity index (χ3v) is 6.42. The molecule has 0 bridgehead atoms. The Balaban J connectivity index is 1.19. The number of amides is 1. The molecule has 30 heavy (non-hydrogen) atoms. The summed E-state index contributed by atoms with van der Waals surface area (Å²) in [6.45, 7) is 6.57. The van der Waals surface area contributed by atoms with Crippen LogP contribution >= 0.6 is 0 Å². The van der Waals surface area contributed by atoms with Gasteiger partial charge in [0.25, 0.3) is 0 Å². The maximum absolute atomic E-state index is 12.3. The molecule has 0 spiro atoms. The number of hydrogen-bond acceptors (Lipinski definition) is 6. The van der Waals surface area contributed by atoms with Gasteiger partial charge >= 0.3 is 0 Å². The quantitative estimate of drug-likeness (QED) is 0.694. The van der Waals surface area contributed by atoms with Crippen LogP contribution in [0.15, 0.2) is 12.4 Å². The molecular weight excluding hydrogens is 378 g/mol. The van der Waals surface area contributed by atoms with Gasteiger partial charge in [-0.25, -0.2) is 9.97 Å². The van der Waals surface area contributed by atoms with Crippen molar-refractivity contribution in [2.45, 2.75) is 65.0 Å². The summed E-state index contributed by atoms with van der Waals surface area (Å²) in [5, 5.41) is 10.9. The molecule has 1 saturated heterocycles. The molecule has 0 aromatic carbocycles. The zero-order chi connectivity index (χ0) is 21.1. The Labute approximate surface area is 178 Å². The van der Waals surface area contributed by atoms with Crippen molar-refractivity contribution < 1.29 is 4.79 Å². The van der Waals surface area contributed by atoms with Crippen molar-refractivity contribution >= 4 is 17.5 Å². The predicted octanol–water partition coefficient (Wildman–Crippen LogP) is 2.71. The molecule has 0 radical (unpaired) electrons. The number of anilines is 2. The summed E-state index contributed by atoms with van der Waals surface area (Å²) in [5.74, 6) is 2.67. The second-order valence-electron chi connectivity index (χ2n) is 8.70. The van der Waals surface area contributed by atoms with E-state index in [4.69, 9.17) is 0 Å². The van der Waals surface area contributed by atoms with Crippen molar-refractivity contribution in [1.82, 2.24) is 25.1 Å². The smallest absolute Gasteiger partial charge is 0.220 e. The summed E-state index contributed by atoms with van der Waals surface area (Å²) in [4.78, 5) is 23.5. The number of aryl methyl sites for hydroxylation is 2. The average molecular weight is 412 g/mol. The number of nitrogens with one attached hydrogen (secondary N) is 2. The molecule has 8 nitrogen and oxygen atoms in total. The van der Waals surface area contributed by atoms with Crippen LogP contribution in [-0.2, 0) is 18.4 Å². The summed E-state index contributed by atoms with van der Waals surface area (Å²) in [6.07, 6.45) is 7.86. The van der Waals surface area contributed by atoms with Crippen LogP contribution in [0, 0.1) is 19.8 Å². The Kier molecular flexibility index (Phi) is 6.20. The minimum atomic E-state index is 0.131. The molecule has 1 saturated carbocycles. The molecular formula is C22H33N7O. The molecule has 1 amide bonds. The summed E-state index contributed by atoms with van der Waals surface area (Å²) >= 11 is 0. The number of aromatic nitrogens is 4. The number of piperidine rings is 1. The fourth-order valence-electron chi connectivity index (χ4n) is 4.17. The van der Waals surface area contributed by atoms with Crippen LogP contribution in [0.1, 0.15) is 55.5 Å².